The van der Waals surface area contributed by atoms with Crippen LogP contribution in [0.3, 0.4) is 0 Å². The average Bonchev–Trinajstić information content (AvgIpc) is 3.08. The molecule has 0 aliphatic carbocycles. The Morgan fingerprint density at radius 2 is 2.00 bits per heavy atom. The molecule has 0 bridgehead atoms. The number of aliphatic hydroxyl groups excluding tert-OH is 2. The summed E-state index contributed by atoms with van der Waals surface area (Å²) in [6, 6.07) is 14.0. The van der Waals surface area contributed by atoms with E-state index in [-0.39, 0.29) is 18.1 Å². The van der Waals surface area contributed by atoms with E-state index < -0.39 is 12.7 Å². The normalized spacial score (nSPS) is 12.1. The van der Waals surface area contributed by atoms with E-state index in [1.54, 1.807) is 5.38 Å². The second-order valence-corrected chi connectivity index (χ2v) is 6.09. The monoisotopic (exact) mass is 343 g/mol. The smallest absolute Gasteiger partial charge is 0.270 e. The van der Waals surface area contributed by atoms with Crippen molar-refractivity contribution in [2.75, 3.05) is 18.5 Å². The Balaban J connectivity index is 1.73. The first kappa shape index (κ1) is 16.4. The van der Waals surface area contributed by atoms with Crippen molar-refractivity contribution in [2.24, 2.45) is 0 Å². The number of thiazole rings is 1. The van der Waals surface area contributed by atoms with Crippen LogP contribution >= 0.6 is 11.3 Å². The van der Waals surface area contributed by atoms with Gasteiger partial charge in [0, 0.05) is 23.0 Å². The van der Waals surface area contributed by atoms with Crippen LogP contribution in [0.4, 0.5) is 10.8 Å². The van der Waals surface area contributed by atoms with Gasteiger partial charge in [0.15, 0.2) is 5.13 Å². The van der Waals surface area contributed by atoms with Crippen LogP contribution in [0.5, 0.6) is 0 Å². The number of fused-ring (bicyclic) bond motifs is 1. The fourth-order valence-electron chi connectivity index (χ4n) is 2.25. The number of hydrogen-bond donors (Lipinski definition) is 4. The van der Waals surface area contributed by atoms with Gasteiger partial charge in [0.2, 0.25) is 0 Å². The molecule has 0 fully saturated rings. The van der Waals surface area contributed by atoms with Gasteiger partial charge in [-0.2, -0.15) is 0 Å². The van der Waals surface area contributed by atoms with E-state index in [1.165, 1.54) is 11.3 Å². The number of amides is 1. The summed E-state index contributed by atoms with van der Waals surface area (Å²) in [6.07, 6.45) is -0.971. The molecule has 0 radical (unpaired) electrons. The van der Waals surface area contributed by atoms with Gasteiger partial charge in [-0.25, -0.2) is 4.98 Å². The SMILES string of the molecule is O=C(NC[C@H](O)CO)c1csc(Nc2cccc3ccccc23)n1. The lowest BCUT2D eigenvalue weighted by atomic mass is 10.1. The Kier molecular flexibility index (Phi) is 5.05. The van der Waals surface area contributed by atoms with Gasteiger partial charge in [-0.1, -0.05) is 36.4 Å². The van der Waals surface area contributed by atoms with E-state index in [0.717, 1.165) is 16.5 Å². The van der Waals surface area contributed by atoms with E-state index in [2.05, 4.69) is 15.6 Å². The van der Waals surface area contributed by atoms with Gasteiger partial charge in [0.1, 0.15) is 5.69 Å². The number of nitrogens with zero attached hydrogens (tertiary/aromatic N) is 1. The predicted molar refractivity (Wildman–Crippen MR) is 94.8 cm³/mol. The summed E-state index contributed by atoms with van der Waals surface area (Å²) in [7, 11) is 0. The fourth-order valence-corrected chi connectivity index (χ4v) is 2.95. The van der Waals surface area contributed by atoms with Crippen molar-refractivity contribution in [3.05, 3.63) is 53.5 Å². The maximum absolute atomic E-state index is 12.0. The van der Waals surface area contributed by atoms with Crippen molar-refractivity contribution in [1.29, 1.82) is 0 Å². The zero-order valence-electron chi connectivity index (χ0n) is 12.8. The summed E-state index contributed by atoms with van der Waals surface area (Å²) in [5.41, 5.74) is 1.19. The van der Waals surface area contributed by atoms with Gasteiger partial charge in [0.05, 0.1) is 12.7 Å². The molecule has 3 rings (SSSR count). The number of aliphatic hydroxyl groups is 2. The Labute approximate surface area is 142 Å². The summed E-state index contributed by atoms with van der Waals surface area (Å²) in [5, 5.41) is 28.2. The van der Waals surface area contributed by atoms with Crippen molar-refractivity contribution in [2.45, 2.75) is 6.10 Å². The van der Waals surface area contributed by atoms with Crippen molar-refractivity contribution in [3.8, 4) is 0 Å². The van der Waals surface area contributed by atoms with E-state index in [9.17, 15) is 9.90 Å². The van der Waals surface area contributed by atoms with E-state index >= 15 is 0 Å². The Hall–Kier alpha value is -2.48. The van der Waals surface area contributed by atoms with Crippen LogP contribution in [0, 0.1) is 0 Å². The minimum absolute atomic E-state index is 0.0149. The van der Waals surface area contributed by atoms with Gasteiger partial charge in [-0.05, 0) is 11.5 Å². The number of benzene rings is 2. The first-order valence-electron chi connectivity index (χ1n) is 7.45. The van der Waals surface area contributed by atoms with Gasteiger partial charge < -0.3 is 20.8 Å². The molecule has 0 aliphatic rings. The molecule has 0 unspecified atom stereocenters. The number of rotatable bonds is 6. The first-order valence-corrected chi connectivity index (χ1v) is 8.33. The molecule has 4 N–H and O–H groups in total. The topological polar surface area (TPSA) is 94.5 Å². The minimum Gasteiger partial charge on any atom is -0.394 e. The summed E-state index contributed by atoms with van der Waals surface area (Å²) in [6.45, 7) is -0.413. The van der Waals surface area contributed by atoms with Crippen LogP contribution in [0.2, 0.25) is 0 Å². The number of carbonyl (C=O) groups is 1. The van der Waals surface area contributed by atoms with Gasteiger partial charge in [-0.15, -0.1) is 11.3 Å². The predicted octanol–water partition coefficient (Wildman–Crippen LogP) is 2.12. The highest BCUT2D eigenvalue weighted by molar-refractivity contribution is 7.14. The molecular weight excluding hydrogens is 326 g/mol. The van der Waals surface area contributed by atoms with Gasteiger partial charge in [-0.3, -0.25) is 4.79 Å². The Bertz CT molecular complexity index is 844. The van der Waals surface area contributed by atoms with E-state index in [0.29, 0.717) is 5.13 Å². The molecule has 0 saturated carbocycles. The van der Waals surface area contributed by atoms with E-state index in [1.807, 2.05) is 42.5 Å². The summed E-state index contributed by atoms with van der Waals surface area (Å²) in [4.78, 5) is 16.2. The summed E-state index contributed by atoms with van der Waals surface area (Å²) >= 11 is 1.33. The molecule has 7 heteroatoms. The minimum atomic E-state index is -0.971. The summed E-state index contributed by atoms with van der Waals surface area (Å²) in [5.74, 6) is -0.385. The molecule has 0 saturated heterocycles. The fraction of sp³-hybridized carbons (Fsp3) is 0.176. The Morgan fingerprint density at radius 1 is 1.21 bits per heavy atom. The maximum Gasteiger partial charge on any atom is 0.270 e. The van der Waals surface area contributed by atoms with Crippen LogP contribution in [0.1, 0.15) is 10.5 Å². The molecule has 1 heterocycles. The third kappa shape index (κ3) is 3.70. The van der Waals surface area contributed by atoms with Gasteiger partial charge >= 0.3 is 0 Å². The van der Waals surface area contributed by atoms with E-state index in [4.69, 9.17) is 5.11 Å². The lowest BCUT2D eigenvalue weighted by Crippen LogP contribution is -2.34. The zero-order chi connectivity index (χ0) is 16.9. The second-order valence-electron chi connectivity index (χ2n) is 5.24. The number of hydrogen-bond acceptors (Lipinski definition) is 6. The highest BCUT2D eigenvalue weighted by atomic mass is 32.1. The molecule has 0 aliphatic heterocycles. The van der Waals surface area contributed by atoms with Crippen LogP contribution in [-0.2, 0) is 0 Å². The number of carbonyl (C=O) groups excluding carboxylic acids is 1. The molecular formula is C17H17N3O3S. The third-order valence-electron chi connectivity index (χ3n) is 3.48. The number of aromatic nitrogens is 1. The molecule has 24 heavy (non-hydrogen) atoms. The maximum atomic E-state index is 12.0. The molecule has 0 spiro atoms. The third-order valence-corrected chi connectivity index (χ3v) is 4.23. The highest BCUT2D eigenvalue weighted by Gasteiger charge is 2.12. The summed E-state index contributed by atoms with van der Waals surface area (Å²) < 4.78 is 0. The molecule has 124 valence electrons. The van der Waals surface area contributed by atoms with Crippen molar-refractivity contribution < 1.29 is 15.0 Å². The van der Waals surface area contributed by atoms with Crippen molar-refractivity contribution in [3.63, 3.8) is 0 Å². The van der Waals surface area contributed by atoms with Crippen LogP contribution in [0.25, 0.3) is 10.8 Å². The van der Waals surface area contributed by atoms with Gasteiger partial charge in [0.25, 0.3) is 5.91 Å². The Morgan fingerprint density at radius 3 is 2.83 bits per heavy atom. The molecule has 3 aromatic rings. The molecule has 6 nitrogen and oxygen atoms in total. The molecule has 1 aromatic heterocycles. The lowest BCUT2D eigenvalue weighted by molar-refractivity contribution is 0.0799. The largest absolute Gasteiger partial charge is 0.394 e. The van der Waals surface area contributed by atoms with Crippen LogP contribution in [-0.4, -0.2) is 40.4 Å². The number of anilines is 2. The lowest BCUT2D eigenvalue weighted by Gasteiger charge is -2.08. The quantitative estimate of drug-likeness (QED) is 0.550. The standard InChI is InChI=1S/C17H17N3O3S/c21-9-12(22)8-18-16(23)15-10-24-17(20-15)19-14-7-3-5-11-4-1-2-6-13(11)14/h1-7,10,12,21-22H,8-9H2,(H,18,23)(H,19,20)/t12-/m0/s1. The van der Waals surface area contributed by atoms with Crippen molar-refractivity contribution in [1.82, 2.24) is 10.3 Å². The second kappa shape index (κ2) is 7.39. The zero-order valence-corrected chi connectivity index (χ0v) is 13.6. The van der Waals surface area contributed by atoms with Crippen LogP contribution < -0.4 is 10.6 Å². The molecule has 1 amide bonds. The highest BCUT2D eigenvalue weighted by Crippen LogP contribution is 2.27. The average molecular weight is 343 g/mol. The van der Waals surface area contributed by atoms with Crippen molar-refractivity contribution >= 4 is 38.8 Å². The van der Waals surface area contributed by atoms with Crippen LogP contribution in [0.15, 0.2) is 47.8 Å². The number of nitrogens with one attached hydrogen (secondary N) is 2. The molecule has 2 aromatic carbocycles. The molecule has 1 atom stereocenters. The first-order chi connectivity index (χ1) is 11.7.